The van der Waals surface area contributed by atoms with Gasteiger partial charge in [-0.1, -0.05) is 66.7 Å². The van der Waals surface area contributed by atoms with Crippen molar-refractivity contribution in [2.24, 2.45) is 0 Å². The molecule has 0 aliphatic heterocycles. The Morgan fingerprint density at radius 3 is 1.86 bits per heavy atom. The Morgan fingerprint density at radius 1 is 0.862 bits per heavy atom. The lowest BCUT2D eigenvalue weighted by molar-refractivity contribution is 0.0730. The van der Waals surface area contributed by atoms with Crippen LogP contribution in [-0.4, -0.2) is 25.5 Å². The summed E-state index contributed by atoms with van der Waals surface area (Å²) in [5.74, 6) is -0.158. The lowest BCUT2D eigenvalue weighted by Gasteiger charge is -2.24. The average molecular weight is 409 g/mol. The Hall–Kier alpha value is -3.12. The number of rotatable bonds is 7. The summed E-state index contributed by atoms with van der Waals surface area (Å²) in [5.41, 5.74) is 3.66. The molecular weight excluding hydrogens is 384 g/mol. The van der Waals surface area contributed by atoms with Crippen LogP contribution >= 0.6 is 0 Å². The predicted molar refractivity (Wildman–Crippen MR) is 116 cm³/mol. The number of hydrogen-bond acceptors (Lipinski definition) is 3. The van der Waals surface area contributed by atoms with Crippen LogP contribution < -0.4 is 4.72 Å². The maximum absolute atomic E-state index is 13.3. The Morgan fingerprint density at radius 2 is 1.38 bits per heavy atom. The minimum absolute atomic E-state index is 0.158. The van der Waals surface area contributed by atoms with Crippen molar-refractivity contribution in [2.45, 2.75) is 20.0 Å². The quantitative estimate of drug-likeness (QED) is 0.637. The molecule has 6 heteroatoms. The molecule has 29 heavy (non-hydrogen) atoms. The first-order chi connectivity index (χ1) is 13.8. The number of carbonyl (C=O) groups excluding carboxylic acids is 1. The molecule has 1 amide bonds. The maximum Gasteiger partial charge on any atom is 0.254 e. The minimum Gasteiger partial charge on any atom is -0.330 e. The number of amides is 1. The number of nitrogens with zero attached hydrogens (tertiary/aromatic N) is 1. The van der Waals surface area contributed by atoms with Crippen LogP contribution in [-0.2, 0) is 23.1 Å². The number of hydrogen-bond donors (Lipinski definition) is 1. The summed E-state index contributed by atoms with van der Waals surface area (Å²) in [6.45, 7) is 2.71. The molecule has 0 bridgehead atoms. The Bertz CT molecular complexity index is 1040. The van der Waals surface area contributed by atoms with E-state index in [4.69, 9.17) is 0 Å². The van der Waals surface area contributed by atoms with Crippen LogP contribution in [0.25, 0.3) is 0 Å². The lowest BCUT2D eigenvalue weighted by atomic mass is 10.1. The van der Waals surface area contributed by atoms with Crippen LogP contribution in [0.2, 0.25) is 0 Å². The third-order valence-corrected chi connectivity index (χ3v) is 5.09. The summed E-state index contributed by atoms with van der Waals surface area (Å²) < 4.78 is 25.8. The summed E-state index contributed by atoms with van der Waals surface area (Å²) in [6.07, 6.45) is 1.10. The predicted octanol–water partition coefficient (Wildman–Crippen LogP) is 4.21. The van der Waals surface area contributed by atoms with Gasteiger partial charge in [0, 0.05) is 18.7 Å². The fourth-order valence-electron chi connectivity index (χ4n) is 3.05. The van der Waals surface area contributed by atoms with Gasteiger partial charge in [0.1, 0.15) is 0 Å². The van der Waals surface area contributed by atoms with Crippen molar-refractivity contribution in [1.29, 1.82) is 0 Å². The molecule has 0 unspecified atom stereocenters. The first-order valence-electron chi connectivity index (χ1n) is 9.27. The van der Waals surface area contributed by atoms with Crippen molar-refractivity contribution in [3.8, 4) is 0 Å². The molecule has 0 radical (unpaired) electrons. The van der Waals surface area contributed by atoms with Crippen LogP contribution in [0.4, 0.5) is 5.69 Å². The molecule has 0 fully saturated rings. The summed E-state index contributed by atoms with van der Waals surface area (Å²) in [7, 11) is -3.43. The van der Waals surface area contributed by atoms with E-state index < -0.39 is 10.0 Å². The molecule has 0 saturated heterocycles. The maximum atomic E-state index is 13.3. The minimum atomic E-state index is -3.43. The molecule has 0 spiro atoms. The van der Waals surface area contributed by atoms with E-state index in [-0.39, 0.29) is 5.91 Å². The van der Waals surface area contributed by atoms with Gasteiger partial charge in [-0.15, -0.1) is 0 Å². The second kappa shape index (κ2) is 8.92. The number of carbonyl (C=O) groups is 1. The third-order valence-electron chi connectivity index (χ3n) is 4.50. The van der Waals surface area contributed by atoms with Gasteiger partial charge in [-0.3, -0.25) is 9.52 Å². The second-order valence-electron chi connectivity index (χ2n) is 7.04. The largest absolute Gasteiger partial charge is 0.330 e. The lowest BCUT2D eigenvalue weighted by Crippen LogP contribution is -2.30. The first-order valence-corrected chi connectivity index (χ1v) is 11.2. The van der Waals surface area contributed by atoms with Gasteiger partial charge in [0.2, 0.25) is 10.0 Å². The van der Waals surface area contributed by atoms with Crippen molar-refractivity contribution < 1.29 is 13.2 Å². The summed E-state index contributed by atoms with van der Waals surface area (Å²) in [5, 5.41) is 0. The fourth-order valence-corrected chi connectivity index (χ4v) is 3.67. The average Bonchev–Trinajstić information content (AvgIpc) is 2.69. The molecule has 3 rings (SSSR count). The standard InChI is InChI=1S/C23H24N2O3S/c1-18-13-14-21(15-22(18)24-29(2,27)28)23(26)25(16-19-9-5-3-6-10-19)17-20-11-7-4-8-12-20/h3-15,24H,16-17H2,1-2H3. The Balaban J connectivity index is 1.92. The third kappa shape index (κ3) is 5.93. The van der Waals surface area contributed by atoms with E-state index in [0.29, 0.717) is 24.3 Å². The van der Waals surface area contributed by atoms with E-state index in [9.17, 15) is 13.2 Å². The van der Waals surface area contributed by atoms with Gasteiger partial charge in [-0.25, -0.2) is 8.42 Å². The van der Waals surface area contributed by atoms with Crippen LogP contribution in [0.15, 0.2) is 78.9 Å². The van der Waals surface area contributed by atoms with Gasteiger partial charge in [0.25, 0.3) is 5.91 Å². The van der Waals surface area contributed by atoms with Crippen LogP contribution in [0.1, 0.15) is 27.0 Å². The molecule has 150 valence electrons. The number of sulfonamides is 1. The molecular formula is C23H24N2O3S. The van der Waals surface area contributed by atoms with Gasteiger partial charge in [0.05, 0.1) is 11.9 Å². The molecule has 0 heterocycles. The van der Waals surface area contributed by atoms with Crippen molar-refractivity contribution in [2.75, 3.05) is 11.0 Å². The zero-order valence-electron chi connectivity index (χ0n) is 16.5. The van der Waals surface area contributed by atoms with Crippen LogP contribution in [0.5, 0.6) is 0 Å². The van der Waals surface area contributed by atoms with Crippen LogP contribution in [0.3, 0.4) is 0 Å². The van der Waals surface area contributed by atoms with Gasteiger partial charge < -0.3 is 4.90 Å². The van der Waals surface area contributed by atoms with E-state index in [0.717, 1.165) is 22.9 Å². The monoisotopic (exact) mass is 408 g/mol. The van der Waals surface area contributed by atoms with Crippen molar-refractivity contribution in [3.63, 3.8) is 0 Å². The van der Waals surface area contributed by atoms with Crippen molar-refractivity contribution >= 4 is 21.6 Å². The molecule has 0 atom stereocenters. The van der Waals surface area contributed by atoms with Crippen molar-refractivity contribution in [3.05, 3.63) is 101 Å². The highest BCUT2D eigenvalue weighted by molar-refractivity contribution is 7.92. The molecule has 3 aromatic carbocycles. The van der Waals surface area contributed by atoms with Gasteiger partial charge >= 0.3 is 0 Å². The molecule has 5 nitrogen and oxygen atoms in total. The Labute approximate surface area is 172 Å². The molecule has 0 aromatic heterocycles. The highest BCUT2D eigenvalue weighted by atomic mass is 32.2. The van der Waals surface area contributed by atoms with Crippen LogP contribution in [0, 0.1) is 6.92 Å². The number of anilines is 1. The highest BCUT2D eigenvalue weighted by Crippen LogP contribution is 2.21. The second-order valence-corrected chi connectivity index (χ2v) is 8.78. The topological polar surface area (TPSA) is 66.5 Å². The van der Waals surface area contributed by atoms with Gasteiger partial charge in [0.15, 0.2) is 0 Å². The van der Waals surface area contributed by atoms with Gasteiger partial charge in [-0.05, 0) is 35.7 Å². The first kappa shape index (κ1) is 20.6. The highest BCUT2D eigenvalue weighted by Gasteiger charge is 2.18. The van der Waals surface area contributed by atoms with E-state index in [2.05, 4.69) is 4.72 Å². The number of aryl methyl sites for hydroxylation is 1. The zero-order chi connectivity index (χ0) is 20.9. The fraction of sp³-hybridized carbons (Fsp3) is 0.174. The Kier molecular flexibility index (Phi) is 6.34. The zero-order valence-corrected chi connectivity index (χ0v) is 17.3. The van der Waals surface area contributed by atoms with E-state index in [1.807, 2.05) is 60.7 Å². The number of benzene rings is 3. The van der Waals surface area contributed by atoms with E-state index in [1.54, 1.807) is 30.0 Å². The number of nitrogens with one attached hydrogen (secondary N) is 1. The van der Waals surface area contributed by atoms with E-state index >= 15 is 0 Å². The smallest absolute Gasteiger partial charge is 0.254 e. The van der Waals surface area contributed by atoms with Gasteiger partial charge in [-0.2, -0.15) is 0 Å². The van der Waals surface area contributed by atoms with E-state index in [1.165, 1.54) is 0 Å². The molecule has 0 aliphatic rings. The molecule has 3 aromatic rings. The molecule has 0 saturated carbocycles. The summed E-state index contributed by atoms with van der Waals surface area (Å²) >= 11 is 0. The summed E-state index contributed by atoms with van der Waals surface area (Å²) in [4.78, 5) is 15.1. The molecule has 0 aliphatic carbocycles. The normalized spacial score (nSPS) is 11.1. The van der Waals surface area contributed by atoms with Crippen molar-refractivity contribution in [1.82, 2.24) is 4.90 Å². The molecule has 1 N–H and O–H groups in total. The SMILES string of the molecule is Cc1ccc(C(=O)N(Cc2ccccc2)Cc2ccccc2)cc1NS(C)(=O)=O. The summed E-state index contributed by atoms with van der Waals surface area (Å²) in [6, 6.07) is 24.7.